The molecule has 0 bridgehead atoms. The summed E-state index contributed by atoms with van der Waals surface area (Å²) in [5.41, 5.74) is 1.11. The minimum atomic E-state index is -0.667. The molecule has 0 fully saturated rings. The molecular formula is C21H24FN3O4. The van der Waals surface area contributed by atoms with E-state index in [2.05, 4.69) is 16.0 Å². The Labute approximate surface area is 168 Å². The van der Waals surface area contributed by atoms with E-state index >= 15 is 0 Å². The zero-order valence-electron chi connectivity index (χ0n) is 16.5. The van der Waals surface area contributed by atoms with Crippen molar-refractivity contribution in [1.29, 1.82) is 0 Å². The summed E-state index contributed by atoms with van der Waals surface area (Å²) in [5.74, 6) is -1.11. The average molecular weight is 401 g/mol. The van der Waals surface area contributed by atoms with Crippen molar-refractivity contribution in [3.05, 3.63) is 65.5 Å². The van der Waals surface area contributed by atoms with Crippen molar-refractivity contribution in [2.75, 3.05) is 11.9 Å². The number of hydrogen-bond acceptors (Lipinski definition) is 4. The van der Waals surface area contributed by atoms with Gasteiger partial charge in [0, 0.05) is 17.8 Å². The van der Waals surface area contributed by atoms with E-state index in [1.165, 1.54) is 24.3 Å². The van der Waals surface area contributed by atoms with Gasteiger partial charge in [0.2, 0.25) is 5.91 Å². The second-order valence-corrected chi connectivity index (χ2v) is 7.29. The molecular weight excluding hydrogens is 377 g/mol. The molecule has 0 aromatic heterocycles. The SMILES string of the molecule is CC(C)(C)OC(=O)NCC(=O)Nc1ccc(CNC(=O)c2ccc(F)cc2)cc1. The Kier molecular flexibility index (Phi) is 7.30. The van der Waals surface area contributed by atoms with Crippen LogP contribution in [-0.4, -0.2) is 30.1 Å². The maximum atomic E-state index is 12.9. The number of halogens is 1. The summed E-state index contributed by atoms with van der Waals surface area (Å²) in [4.78, 5) is 35.5. The molecule has 7 nitrogen and oxygen atoms in total. The molecule has 154 valence electrons. The van der Waals surface area contributed by atoms with Crippen LogP contribution in [0, 0.1) is 5.82 Å². The Balaban J connectivity index is 1.77. The van der Waals surface area contributed by atoms with Crippen molar-refractivity contribution in [2.24, 2.45) is 0 Å². The van der Waals surface area contributed by atoms with Crippen LogP contribution in [0.15, 0.2) is 48.5 Å². The number of nitrogens with one attached hydrogen (secondary N) is 3. The summed E-state index contributed by atoms with van der Waals surface area (Å²) in [6.07, 6.45) is -0.667. The molecule has 0 saturated heterocycles. The van der Waals surface area contributed by atoms with E-state index < -0.39 is 23.4 Å². The van der Waals surface area contributed by atoms with Crippen LogP contribution in [0.5, 0.6) is 0 Å². The van der Waals surface area contributed by atoms with Crippen molar-refractivity contribution in [3.63, 3.8) is 0 Å². The number of carbonyl (C=O) groups is 3. The number of rotatable bonds is 6. The summed E-state index contributed by atoms with van der Waals surface area (Å²) < 4.78 is 17.9. The van der Waals surface area contributed by atoms with Crippen molar-refractivity contribution < 1.29 is 23.5 Å². The number of amides is 3. The first-order valence-electron chi connectivity index (χ1n) is 9.02. The third kappa shape index (κ3) is 8.00. The summed E-state index contributed by atoms with van der Waals surface area (Å²) in [7, 11) is 0. The van der Waals surface area contributed by atoms with Gasteiger partial charge in [0.1, 0.15) is 18.0 Å². The lowest BCUT2D eigenvalue weighted by atomic mass is 10.2. The highest BCUT2D eigenvalue weighted by Gasteiger charge is 2.16. The Morgan fingerprint density at radius 1 is 0.931 bits per heavy atom. The minimum Gasteiger partial charge on any atom is -0.444 e. The first kappa shape index (κ1) is 21.9. The van der Waals surface area contributed by atoms with E-state index in [9.17, 15) is 18.8 Å². The number of benzene rings is 2. The van der Waals surface area contributed by atoms with Crippen molar-refractivity contribution in [2.45, 2.75) is 32.9 Å². The molecule has 3 N–H and O–H groups in total. The lowest BCUT2D eigenvalue weighted by Gasteiger charge is -2.19. The van der Waals surface area contributed by atoms with Crippen molar-refractivity contribution >= 4 is 23.6 Å². The fourth-order valence-corrected chi connectivity index (χ4v) is 2.26. The Bertz CT molecular complexity index is 859. The summed E-state index contributed by atoms with van der Waals surface area (Å²) >= 11 is 0. The van der Waals surface area contributed by atoms with E-state index in [1.807, 2.05) is 0 Å². The molecule has 0 unspecified atom stereocenters. The molecule has 0 aliphatic heterocycles. The van der Waals surface area contributed by atoms with E-state index in [4.69, 9.17) is 4.74 Å². The molecule has 2 aromatic rings. The zero-order valence-corrected chi connectivity index (χ0v) is 16.5. The predicted octanol–water partition coefficient (Wildman–Crippen LogP) is 3.22. The molecule has 0 aliphatic carbocycles. The molecule has 3 amide bonds. The number of hydrogen-bond donors (Lipinski definition) is 3. The van der Waals surface area contributed by atoms with Gasteiger partial charge in [-0.15, -0.1) is 0 Å². The number of alkyl carbamates (subject to hydrolysis) is 1. The van der Waals surface area contributed by atoms with Gasteiger partial charge in [0.25, 0.3) is 5.91 Å². The third-order valence-electron chi connectivity index (χ3n) is 3.59. The van der Waals surface area contributed by atoms with Gasteiger partial charge in [0.05, 0.1) is 0 Å². The fraction of sp³-hybridized carbons (Fsp3) is 0.286. The summed E-state index contributed by atoms with van der Waals surface area (Å²) in [6.45, 7) is 5.26. The average Bonchev–Trinajstić information content (AvgIpc) is 2.65. The Hall–Kier alpha value is -3.42. The topological polar surface area (TPSA) is 96.5 Å². The predicted molar refractivity (Wildman–Crippen MR) is 107 cm³/mol. The van der Waals surface area contributed by atoms with Gasteiger partial charge in [-0.05, 0) is 62.7 Å². The van der Waals surface area contributed by atoms with Crippen LogP contribution >= 0.6 is 0 Å². The van der Waals surface area contributed by atoms with Gasteiger partial charge in [-0.3, -0.25) is 9.59 Å². The lowest BCUT2D eigenvalue weighted by Crippen LogP contribution is -2.37. The van der Waals surface area contributed by atoms with Gasteiger partial charge in [0.15, 0.2) is 0 Å². The van der Waals surface area contributed by atoms with Gasteiger partial charge in [-0.25, -0.2) is 9.18 Å². The largest absolute Gasteiger partial charge is 0.444 e. The highest BCUT2D eigenvalue weighted by molar-refractivity contribution is 5.94. The second kappa shape index (κ2) is 9.68. The van der Waals surface area contributed by atoms with Crippen LogP contribution in [0.3, 0.4) is 0 Å². The van der Waals surface area contributed by atoms with E-state index in [0.29, 0.717) is 11.3 Å². The van der Waals surface area contributed by atoms with E-state index in [1.54, 1.807) is 45.0 Å². The quantitative estimate of drug-likeness (QED) is 0.692. The van der Waals surface area contributed by atoms with E-state index in [0.717, 1.165) is 5.56 Å². The van der Waals surface area contributed by atoms with Crippen LogP contribution in [-0.2, 0) is 16.1 Å². The van der Waals surface area contributed by atoms with Crippen LogP contribution in [0.25, 0.3) is 0 Å². The molecule has 0 radical (unpaired) electrons. The fourth-order valence-electron chi connectivity index (χ4n) is 2.26. The van der Waals surface area contributed by atoms with E-state index in [-0.39, 0.29) is 19.0 Å². The molecule has 0 heterocycles. The molecule has 29 heavy (non-hydrogen) atoms. The van der Waals surface area contributed by atoms with Crippen LogP contribution in [0.1, 0.15) is 36.7 Å². The molecule has 0 spiro atoms. The molecule has 8 heteroatoms. The molecule has 0 atom stereocenters. The minimum absolute atomic E-state index is 0.218. The van der Waals surface area contributed by atoms with Crippen LogP contribution in [0.4, 0.5) is 14.9 Å². The number of carbonyl (C=O) groups excluding carboxylic acids is 3. The Morgan fingerprint density at radius 2 is 1.55 bits per heavy atom. The van der Waals surface area contributed by atoms with Crippen LogP contribution < -0.4 is 16.0 Å². The first-order chi connectivity index (χ1) is 13.6. The van der Waals surface area contributed by atoms with Gasteiger partial charge < -0.3 is 20.7 Å². The van der Waals surface area contributed by atoms with Gasteiger partial charge >= 0.3 is 6.09 Å². The van der Waals surface area contributed by atoms with Crippen molar-refractivity contribution in [1.82, 2.24) is 10.6 Å². The maximum absolute atomic E-state index is 12.9. The number of ether oxygens (including phenoxy) is 1. The second-order valence-electron chi connectivity index (χ2n) is 7.29. The normalized spacial score (nSPS) is 10.8. The monoisotopic (exact) mass is 401 g/mol. The first-order valence-corrected chi connectivity index (χ1v) is 9.02. The highest BCUT2D eigenvalue weighted by Crippen LogP contribution is 2.10. The summed E-state index contributed by atoms with van der Waals surface area (Å²) in [6, 6.07) is 12.1. The Morgan fingerprint density at radius 3 is 2.14 bits per heavy atom. The van der Waals surface area contributed by atoms with Gasteiger partial charge in [-0.2, -0.15) is 0 Å². The highest BCUT2D eigenvalue weighted by atomic mass is 19.1. The molecule has 2 rings (SSSR count). The maximum Gasteiger partial charge on any atom is 0.408 e. The summed E-state index contributed by atoms with van der Waals surface area (Å²) in [5, 5.41) is 7.77. The molecule has 0 aliphatic rings. The third-order valence-corrected chi connectivity index (χ3v) is 3.59. The van der Waals surface area contributed by atoms with Gasteiger partial charge in [-0.1, -0.05) is 12.1 Å². The standard InChI is InChI=1S/C21H24FN3O4/c1-21(2,3)29-20(28)24-13-18(26)25-17-10-4-14(5-11-17)12-23-19(27)15-6-8-16(22)9-7-15/h4-11H,12-13H2,1-3H3,(H,23,27)(H,24,28)(H,25,26). The number of anilines is 1. The zero-order chi connectivity index (χ0) is 21.4. The van der Waals surface area contributed by atoms with Crippen molar-refractivity contribution in [3.8, 4) is 0 Å². The smallest absolute Gasteiger partial charge is 0.408 e. The molecule has 2 aromatic carbocycles. The lowest BCUT2D eigenvalue weighted by molar-refractivity contribution is -0.115. The van der Waals surface area contributed by atoms with Crippen LogP contribution in [0.2, 0.25) is 0 Å². The molecule has 0 saturated carbocycles.